The second-order valence-electron chi connectivity index (χ2n) is 1.85. The normalized spacial score (nSPS) is 9.18. The minimum Gasteiger partial charge on any atom is -0.293 e. The standard InChI is InChI=1S/C8H7O3/c1-10-11-8(9)7-5-3-2-4-6-7/h2-6H,1H2. The van der Waals surface area contributed by atoms with Gasteiger partial charge in [0.2, 0.25) is 0 Å². The molecule has 0 aliphatic carbocycles. The van der Waals surface area contributed by atoms with Crippen molar-refractivity contribution in [2.45, 2.75) is 0 Å². The summed E-state index contributed by atoms with van der Waals surface area (Å²) >= 11 is 0. The van der Waals surface area contributed by atoms with Crippen LogP contribution in [0.25, 0.3) is 0 Å². The fraction of sp³-hybridized carbons (Fsp3) is 0. The van der Waals surface area contributed by atoms with Crippen LogP contribution >= 0.6 is 0 Å². The Balaban J connectivity index is 2.69. The monoisotopic (exact) mass is 151 g/mol. The molecule has 11 heavy (non-hydrogen) atoms. The molecule has 0 saturated heterocycles. The maximum atomic E-state index is 10.9. The highest BCUT2D eigenvalue weighted by molar-refractivity contribution is 5.88. The third kappa shape index (κ3) is 2.05. The zero-order valence-electron chi connectivity index (χ0n) is 5.82. The predicted molar refractivity (Wildman–Crippen MR) is 38.3 cm³/mol. The Labute approximate surface area is 64.5 Å². The quantitative estimate of drug-likeness (QED) is 0.475. The van der Waals surface area contributed by atoms with E-state index < -0.39 is 5.97 Å². The van der Waals surface area contributed by atoms with E-state index in [0.29, 0.717) is 5.56 Å². The van der Waals surface area contributed by atoms with Crippen LogP contribution in [0.1, 0.15) is 10.4 Å². The molecule has 0 aliphatic rings. The first-order valence-corrected chi connectivity index (χ1v) is 3.02. The van der Waals surface area contributed by atoms with Gasteiger partial charge in [-0.05, 0) is 12.1 Å². The molecule has 0 aliphatic heterocycles. The first kappa shape index (κ1) is 7.75. The van der Waals surface area contributed by atoms with Gasteiger partial charge >= 0.3 is 5.97 Å². The van der Waals surface area contributed by atoms with Gasteiger partial charge in [-0.25, -0.2) is 4.79 Å². The maximum absolute atomic E-state index is 10.9. The second-order valence-corrected chi connectivity index (χ2v) is 1.85. The lowest BCUT2D eigenvalue weighted by Gasteiger charge is -1.97. The van der Waals surface area contributed by atoms with Crippen LogP contribution in [0.4, 0.5) is 0 Å². The highest BCUT2D eigenvalue weighted by atomic mass is 17.2. The van der Waals surface area contributed by atoms with Crippen molar-refractivity contribution in [3.05, 3.63) is 43.0 Å². The molecular formula is C8H7O3. The van der Waals surface area contributed by atoms with E-state index in [-0.39, 0.29) is 0 Å². The van der Waals surface area contributed by atoms with Crippen molar-refractivity contribution in [2.75, 3.05) is 0 Å². The molecule has 0 aromatic heterocycles. The van der Waals surface area contributed by atoms with Crippen LogP contribution in [0.3, 0.4) is 0 Å². The Morgan fingerprint density at radius 1 is 1.27 bits per heavy atom. The summed E-state index contributed by atoms with van der Waals surface area (Å²) in [7, 11) is 2.91. The average molecular weight is 151 g/mol. The number of rotatable bonds is 2. The smallest absolute Gasteiger partial charge is 0.293 e. The van der Waals surface area contributed by atoms with E-state index >= 15 is 0 Å². The third-order valence-electron chi connectivity index (χ3n) is 1.14. The van der Waals surface area contributed by atoms with Crippen LogP contribution < -0.4 is 0 Å². The van der Waals surface area contributed by atoms with Crippen molar-refractivity contribution in [2.24, 2.45) is 0 Å². The van der Waals surface area contributed by atoms with E-state index in [2.05, 4.69) is 16.9 Å². The molecule has 3 nitrogen and oxygen atoms in total. The molecule has 0 amide bonds. The van der Waals surface area contributed by atoms with Gasteiger partial charge in [-0.15, -0.1) is 0 Å². The molecule has 0 unspecified atom stereocenters. The molecule has 0 N–H and O–H groups in total. The van der Waals surface area contributed by atoms with Crippen LogP contribution in [-0.4, -0.2) is 5.97 Å². The lowest BCUT2D eigenvalue weighted by molar-refractivity contribution is -0.195. The summed E-state index contributed by atoms with van der Waals surface area (Å²) in [6.07, 6.45) is 0. The average Bonchev–Trinajstić information content (AvgIpc) is 2.07. The highest BCUT2D eigenvalue weighted by Gasteiger charge is 2.04. The number of carbonyl (C=O) groups excluding carboxylic acids is 1. The molecule has 1 rings (SSSR count). The van der Waals surface area contributed by atoms with Gasteiger partial charge in [-0.1, -0.05) is 18.2 Å². The summed E-state index contributed by atoms with van der Waals surface area (Å²) in [4.78, 5) is 19.0. The zero-order chi connectivity index (χ0) is 8.10. The molecular weight excluding hydrogens is 144 g/mol. The molecule has 1 aromatic rings. The number of hydrogen-bond acceptors (Lipinski definition) is 3. The molecule has 0 saturated carbocycles. The molecule has 1 radical (unpaired) electrons. The van der Waals surface area contributed by atoms with E-state index in [1.807, 2.05) is 6.07 Å². The summed E-state index contributed by atoms with van der Waals surface area (Å²) < 4.78 is 0. The minimum absolute atomic E-state index is 0.441. The van der Waals surface area contributed by atoms with Gasteiger partial charge in [0.25, 0.3) is 0 Å². The Morgan fingerprint density at radius 3 is 2.45 bits per heavy atom. The molecule has 0 atom stereocenters. The highest BCUT2D eigenvalue weighted by Crippen LogP contribution is 2.00. The molecule has 1 aromatic carbocycles. The van der Waals surface area contributed by atoms with Crippen LogP contribution in [0.5, 0.6) is 0 Å². The first-order valence-electron chi connectivity index (χ1n) is 3.02. The fourth-order valence-electron chi connectivity index (χ4n) is 0.676. The van der Waals surface area contributed by atoms with Gasteiger partial charge in [0.05, 0.1) is 5.56 Å². The van der Waals surface area contributed by atoms with Gasteiger partial charge in [0.15, 0.2) is 0 Å². The second kappa shape index (κ2) is 3.73. The molecule has 0 heterocycles. The van der Waals surface area contributed by atoms with Crippen LogP contribution in [0.2, 0.25) is 0 Å². The van der Waals surface area contributed by atoms with Crippen molar-refractivity contribution >= 4 is 5.97 Å². The predicted octanol–water partition coefficient (Wildman–Crippen LogP) is 1.57. The van der Waals surface area contributed by atoms with E-state index in [9.17, 15) is 4.79 Å². The summed E-state index contributed by atoms with van der Waals surface area (Å²) in [6.45, 7) is 0. The number of benzene rings is 1. The Bertz CT molecular complexity index is 230. The van der Waals surface area contributed by atoms with E-state index in [1.165, 1.54) is 0 Å². The van der Waals surface area contributed by atoms with Crippen molar-refractivity contribution in [3.63, 3.8) is 0 Å². The van der Waals surface area contributed by atoms with Crippen molar-refractivity contribution in [1.29, 1.82) is 0 Å². The van der Waals surface area contributed by atoms with E-state index in [0.717, 1.165) is 0 Å². The summed E-state index contributed by atoms with van der Waals surface area (Å²) in [5, 5.41) is 0. The largest absolute Gasteiger partial charge is 0.373 e. The Hall–Kier alpha value is -1.35. The lowest BCUT2D eigenvalue weighted by Crippen LogP contribution is -2.02. The first-order chi connectivity index (χ1) is 5.34. The molecule has 0 bridgehead atoms. The summed E-state index contributed by atoms with van der Waals surface area (Å²) in [5.41, 5.74) is 0.441. The van der Waals surface area contributed by atoms with E-state index in [1.54, 1.807) is 24.3 Å². The van der Waals surface area contributed by atoms with Crippen LogP contribution in [-0.2, 0) is 9.78 Å². The number of hydrogen-bond donors (Lipinski definition) is 0. The molecule has 3 heteroatoms. The molecule has 57 valence electrons. The van der Waals surface area contributed by atoms with Crippen molar-refractivity contribution in [3.8, 4) is 0 Å². The SMILES string of the molecule is [CH2]OOC(=O)c1ccccc1. The molecule has 0 fully saturated rings. The topological polar surface area (TPSA) is 35.5 Å². The lowest BCUT2D eigenvalue weighted by atomic mass is 10.2. The van der Waals surface area contributed by atoms with Crippen LogP contribution in [0.15, 0.2) is 30.3 Å². The Kier molecular flexibility index (Phi) is 2.63. The Morgan fingerprint density at radius 2 is 1.91 bits per heavy atom. The van der Waals surface area contributed by atoms with Gasteiger partial charge in [0, 0.05) is 0 Å². The van der Waals surface area contributed by atoms with Gasteiger partial charge in [-0.2, -0.15) is 4.89 Å². The zero-order valence-corrected chi connectivity index (χ0v) is 5.82. The summed E-state index contributed by atoms with van der Waals surface area (Å²) in [6, 6.07) is 8.53. The van der Waals surface area contributed by atoms with Crippen molar-refractivity contribution in [1.82, 2.24) is 0 Å². The molecule has 0 spiro atoms. The fourth-order valence-corrected chi connectivity index (χ4v) is 0.676. The van der Waals surface area contributed by atoms with Gasteiger partial charge in [0.1, 0.15) is 7.11 Å². The van der Waals surface area contributed by atoms with Gasteiger partial charge < -0.3 is 0 Å². The third-order valence-corrected chi connectivity index (χ3v) is 1.14. The van der Waals surface area contributed by atoms with Crippen molar-refractivity contribution < 1.29 is 14.6 Å². The van der Waals surface area contributed by atoms with Gasteiger partial charge in [-0.3, -0.25) is 4.89 Å². The van der Waals surface area contributed by atoms with Crippen LogP contribution in [0, 0.1) is 7.11 Å². The maximum Gasteiger partial charge on any atom is 0.373 e. The number of carbonyl (C=O) groups is 1. The minimum atomic E-state index is -0.541. The van der Waals surface area contributed by atoms with E-state index in [4.69, 9.17) is 0 Å². The summed E-state index contributed by atoms with van der Waals surface area (Å²) in [5.74, 6) is -0.541.